The van der Waals surface area contributed by atoms with Gasteiger partial charge in [-0.1, -0.05) is 13.0 Å². The maximum Gasteiger partial charge on any atom is 0.119 e. The Morgan fingerprint density at radius 2 is 1.81 bits per heavy atom. The molecule has 1 fully saturated rings. The zero-order valence-corrected chi connectivity index (χ0v) is 13.8. The average Bonchev–Trinajstić information content (AvgIpc) is 2.47. The first-order valence-corrected chi connectivity index (χ1v) is 8.35. The fourth-order valence-electron chi connectivity index (χ4n) is 3.24. The van der Waals surface area contributed by atoms with Crippen molar-refractivity contribution < 1.29 is 4.74 Å². The van der Waals surface area contributed by atoms with E-state index in [0.29, 0.717) is 0 Å². The molecule has 21 heavy (non-hydrogen) atoms. The third-order valence-electron chi connectivity index (χ3n) is 4.28. The van der Waals surface area contributed by atoms with Crippen LogP contribution in [0.4, 0.5) is 0 Å². The van der Waals surface area contributed by atoms with Gasteiger partial charge in [0.1, 0.15) is 5.75 Å². The van der Waals surface area contributed by atoms with Crippen molar-refractivity contribution in [1.29, 1.82) is 0 Å². The van der Waals surface area contributed by atoms with Gasteiger partial charge in [-0.3, -0.25) is 0 Å². The number of piperidine rings is 1. The molecule has 0 atom stereocenters. The minimum Gasteiger partial charge on any atom is -0.494 e. The van der Waals surface area contributed by atoms with Gasteiger partial charge >= 0.3 is 0 Å². The number of rotatable bonds is 7. The summed E-state index contributed by atoms with van der Waals surface area (Å²) >= 11 is 0. The van der Waals surface area contributed by atoms with E-state index in [9.17, 15) is 0 Å². The zero-order valence-electron chi connectivity index (χ0n) is 13.8. The summed E-state index contributed by atoms with van der Waals surface area (Å²) in [6.07, 6.45) is 3.67. The molecule has 1 aliphatic heterocycles. The number of nitrogens with zero attached hydrogens (tertiary/aromatic N) is 1. The zero-order chi connectivity index (χ0) is 15.1. The van der Waals surface area contributed by atoms with Crippen LogP contribution in [0.5, 0.6) is 5.75 Å². The molecular weight excluding hydrogens is 260 g/mol. The van der Waals surface area contributed by atoms with E-state index in [1.807, 2.05) is 0 Å². The Kier molecular flexibility index (Phi) is 6.52. The summed E-state index contributed by atoms with van der Waals surface area (Å²) in [4.78, 5) is 2.62. The Morgan fingerprint density at radius 3 is 2.43 bits per heavy atom. The molecule has 1 aromatic carbocycles. The fraction of sp³-hybridized carbons (Fsp3) is 0.667. The molecule has 0 aromatic heterocycles. The van der Waals surface area contributed by atoms with Crippen LogP contribution in [0.25, 0.3) is 0 Å². The lowest BCUT2D eigenvalue weighted by atomic mass is 10.0. The molecular formula is C18H30N2O. The van der Waals surface area contributed by atoms with Crippen molar-refractivity contribution >= 4 is 0 Å². The molecule has 3 heteroatoms. The van der Waals surface area contributed by atoms with Gasteiger partial charge in [-0.2, -0.15) is 0 Å². The summed E-state index contributed by atoms with van der Waals surface area (Å²) in [6, 6.07) is 7.19. The minimum absolute atomic E-state index is 0.762. The van der Waals surface area contributed by atoms with Crippen molar-refractivity contribution in [3.05, 3.63) is 29.3 Å². The smallest absolute Gasteiger partial charge is 0.119 e. The first-order valence-electron chi connectivity index (χ1n) is 8.35. The molecule has 118 valence electrons. The van der Waals surface area contributed by atoms with Crippen molar-refractivity contribution in [2.75, 3.05) is 32.8 Å². The van der Waals surface area contributed by atoms with Crippen LogP contribution in [-0.4, -0.2) is 43.7 Å². The topological polar surface area (TPSA) is 24.5 Å². The van der Waals surface area contributed by atoms with Crippen LogP contribution in [0.3, 0.4) is 0 Å². The lowest BCUT2D eigenvalue weighted by molar-refractivity contribution is 0.157. The summed E-state index contributed by atoms with van der Waals surface area (Å²) in [5.74, 6) is 1.01. The van der Waals surface area contributed by atoms with E-state index in [-0.39, 0.29) is 0 Å². The van der Waals surface area contributed by atoms with E-state index in [1.165, 1.54) is 37.1 Å². The van der Waals surface area contributed by atoms with Crippen LogP contribution in [0.15, 0.2) is 18.2 Å². The van der Waals surface area contributed by atoms with E-state index >= 15 is 0 Å². The lowest BCUT2D eigenvalue weighted by Gasteiger charge is -2.33. The standard InChI is InChI=1S/C18H30N2O/c1-4-20(17-6-8-19-9-7-17)10-5-11-21-18-13-15(2)12-16(3)14-18/h12-14,17,19H,4-11H2,1-3H3. The molecule has 2 rings (SSSR count). The Bertz CT molecular complexity index is 407. The SMILES string of the molecule is CCN(CCCOc1cc(C)cc(C)c1)C1CCNCC1. The molecule has 1 aromatic rings. The van der Waals surface area contributed by atoms with Gasteiger partial charge < -0.3 is 15.0 Å². The highest BCUT2D eigenvalue weighted by Crippen LogP contribution is 2.17. The van der Waals surface area contributed by atoms with Crippen LogP contribution in [0.1, 0.15) is 37.3 Å². The second kappa shape index (κ2) is 8.40. The van der Waals surface area contributed by atoms with E-state index < -0.39 is 0 Å². The quantitative estimate of drug-likeness (QED) is 0.781. The molecule has 0 radical (unpaired) electrons. The van der Waals surface area contributed by atoms with Crippen LogP contribution in [-0.2, 0) is 0 Å². The van der Waals surface area contributed by atoms with Crippen LogP contribution < -0.4 is 10.1 Å². The Hall–Kier alpha value is -1.06. The van der Waals surface area contributed by atoms with E-state index in [4.69, 9.17) is 4.74 Å². The Balaban J connectivity index is 1.72. The van der Waals surface area contributed by atoms with Gasteiger partial charge in [0.25, 0.3) is 0 Å². The predicted molar refractivity (Wildman–Crippen MR) is 89.2 cm³/mol. The van der Waals surface area contributed by atoms with Gasteiger partial charge in [-0.25, -0.2) is 0 Å². The number of nitrogens with one attached hydrogen (secondary N) is 1. The first-order chi connectivity index (χ1) is 10.2. The summed E-state index contributed by atoms with van der Waals surface area (Å²) in [5.41, 5.74) is 2.55. The van der Waals surface area contributed by atoms with E-state index in [1.54, 1.807) is 0 Å². The average molecular weight is 290 g/mol. The number of hydrogen-bond donors (Lipinski definition) is 1. The van der Waals surface area contributed by atoms with Crippen molar-refractivity contribution in [2.45, 2.75) is 46.1 Å². The van der Waals surface area contributed by atoms with Gasteiger partial charge in [0, 0.05) is 12.6 Å². The molecule has 0 amide bonds. The minimum atomic E-state index is 0.762. The number of aryl methyl sites for hydroxylation is 2. The first kappa shape index (κ1) is 16.3. The van der Waals surface area contributed by atoms with E-state index in [2.05, 4.69) is 49.2 Å². The predicted octanol–water partition coefficient (Wildman–Crippen LogP) is 3.15. The van der Waals surface area contributed by atoms with Crippen molar-refractivity contribution in [3.8, 4) is 5.75 Å². The fourth-order valence-corrected chi connectivity index (χ4v) is 3.24. The maximum atomic E-state index is 5.91. The summed E-state index contributed by atoms with van der Waals surface area (Å²) in [7, 11) is 0. The van der Waals surface area contributed by atoms with Crippen molar-refractivity contribution in [2.24, 2.45) is 0 Å². The van der Waals surface area contributed by atoms with Crippen LogP contribution >= 0.6 is 0 Å². The molecule has 0 bridgehead atoms. The molecule has 0 unspecified atom stereocenters. The molecule has 0 spiro atoms. The van der Waals surface area contributed by atoms with Gasteiger partial charge in [-0.05, 0) is 76.0 Å². The largest absolute Gasteiger partial charge is 0.494 e. The van der Waals surface area contributed by atoms with Crippen LogP contribution in [0, 0.1) is 13.8 Å². The summed E-state index contributed by atoms with van der Waals surface area (Å²) in [5, 5.41) is 3.44. The van der Waals surface area contributed by atoms with Crippen molar-refractivity contribution in [1.82, 2.24) is 10.2 Å². The van der Waals surface area contributed by atoms with Gasteiger partial charge in [0.05, 0.1) is 6.61 Å². The van der Waals surface area contributed by atoms with Gasteiger partial charge in [0.15, 0.2) is 0 Å². The highest BCUT2D eigenvalue weighted by Gasteiger charge is 2.18. The highest BCUT2D eigenvalue weighted by atomic mass is 16.5. The molecule has 1 saturated heterocycles. The highest BCUT2D eigenvalue weighted by molar-refractivity contribution is 5.32. The number of ether oxygens (including phenoxy) is 1. The number of hydrogen-bond acceptors (Lipinski definition) is 3. The van der Waals surface area contributed by atoms with E-state index in [0.717, 1.165) is 37.9 Å². The normalized spacial score (nSPS) is 16.4. The molecule has 1 heterocycles. The monoisotopic (exact) mass is 290 g/mol. The molecule has 0 aliphatic carbocycles. The molecule has 3 nitrogen and oxygen atoms in total. The van der Waals surface area contributed by atoms with Crippen molar-refractivity contribution in [3.63, 3.8) is 0 Å². The van der Waals surface area contributed by atoms with Crippen LogP contribution in [0.2, 0.25) is 0 Å². The summed E-state index contributed by atoms with van der Waals surface area (Å²) in [6.45, 7) is 11.9. The third kappa shape index (κ3) is 5.33. The summed E-state index contributed by atoms with van der Waals surface area (Å²) < 4.78 is 5.91. The second-order valence-corrected chi connectivity index (χ2v) is 6.14. The number of benzene rings is 1. The Labute approximate surface area is 129 Å². The third-order valence-corrected chi connectivity index (χ3v) is 4.28. The van der Waals surface area contributed by atoms with Gasteiger partial charge in [0.2, 0.25) is 0 Å². The molecule has 1 N–H and O–H groups in total. The van der Waals surface area contributed by atoms with Gasteiger partial charge in [-0.15, -0.1) is 0 Å². The second-order valence-electron chi connectivity index (χ2n) is 6.14. The molecule has 1 aliphatic rings. The molecule has 0 saturated carbocycles. The lowest BCUT2D eigenvalue weighted by Crippen LogP contribution is -2.43. The Morgan fingerprint density at radius 1 is 1.14 bits per heavy atom. The maximum absolute atomic E-state index is 5.91.